The maximum atomic E-state index is 12.6. The summed E-state index contributed by atoms with van der Waals surface area (Å²) in [5.41, 5.74) is 3.15. The van der Waals surface area contributed by atoms with E-state index in [1.807, 2.05) is 56.3 Å². The van der Waals surface area contributed by atoms with E-state index in [2.05, 4.69) is 10.1 Å². The second-order valence-electron chi connectivity index (χ2n) is 7.46. The Morgan fingerprint density at radius 2 is 1.88 bits per heavy atom. The van der Waals surface area contributed by atoms with Crippen molar-refractivity contribution < 1.29 is 18.8 Å². The first kappa shape index (κ1) is 23.3. The lowest BCUT2D eigenvalue weighted by atomic mass is 10.2. The molecule has 2 aromatic heterocycles. The van der Waals surface area contributed by atoms with Gasteiger partial charge in [-0.1, -0.05) is 29.1 Å². The fraction of sp³-hybridized carbons (Fsp3) is 0.304. The highest BCUT2D eigenvalue weighted by Gasteiger charge is 2.18. The summed E-state index contributed by atoms with van der Waals surface area (Å²) in [5.74, 6) is 0.348. The first-order chi connectivity index (χ1) is 15.3. The first-order valence-electron chi connectivity index (χ1n) is 10.0. The number of thioether (sulfide) groups is 1. The number of aromatic nitrogens is 2. The average Bonchev–Trinajstić information content (AvgIpc) is 3.21. The Kier molecular flexibility index (Phi) is 7.88. The molecule has 0 aliphatic carbocycles. The van der Waals surface area contributed by atoms with Gasteiger partial charge >= 0.3 is 5.97 Å². The van der Waals surface area contributed by atoms with Crippen LogP contribution in [0.15, 0.2) is 58.2 Å². The molecule has 8 nitrogen and oxygen atoms in total. The minimum absolute atomic E-state index is 0.286. The van der Waals surface area contributed by atoms with Crippen molar-refractivity contribution in [3.8, 4) is 0 Å². The molecule has 0 atom stereocenters. The van der Waals surface area contributed by atoms with E-state index in [9.17, 15) is 9.59 Å². The van der Waals surface area contributed by atoms with E-state index >= 15 is 0 Å². The summed E-state index contributed by atoms with van der Waals surface area (Å²) in [7, 11) is 5.63. The van der Waals surface area contributed by atoms with Gasteiger partial charge in [0.15, 0.2) is 6.61 Å². The van der Waals surface area contributed by atoms with Crippen LogP contribution in [0.25, 0.3) is 0 Å². The number of pyridine rings is 1. The van der Waals surface area contributed by atoms with Crippen molar-refractivity contribution in [2.45, 2.75) is 24.2 Å². The maximum Gasteiger partial charge on any atom is 0.341 e. The molecular weight excluding hydrogens is 428 g/mol. The molecule has 0 aliphatic heterocycles. The Labute approximate surface area is 191 Å². The summed E-state index contributed by atoms with van der Waals surface area (Å²) in [6.45, 7) is 1.90. The number of ether oxygens (including phenoxy) is 1. The van der Waals surface area contributed by atoms with Crippen LogP contribution in [0.4, 0.5) is 5.69 Å². The molecule has 0 fully saturated rings. The Morgan fingerprint density at radius 1 is 1.12 bits per heavy atom. The molecule has 2 heterocycles. The smallest absolute Gasteiger partial charge is 0.341 e. The van der Waals surface area contributed by atoms with Crippen LogP contribution < -0.4 is 4.90 Å². The van der Waals surface area contributed by atoms with Gasteiger partial charge in [0.05, 0.1) is 11.3 Å². The lowest BCUT2D eigenvalue weighted by Gasteiger charge is -2.18. The highest BCUT2D eigenvalue weighted by molar-refractivity contribution is 7.98. The molecule has 0 aliphatic rings. The molecule has 0 bridgehead atoms. The van der Waals surface area contributed by atoms with E-state index in [-0.39, 0.29) is 12.5 Å². The number of carbonyl (C=O) groups excluding carboxylic acids is 2. The summed E-state index contributed by atoms with van der Waals surface area (Å²) in [6, 6.07) is 13.1. The molecule has 168 valence electrons. The number of hydrogen-bond donors (Lipinski definition) is 0. The zero-order valence-electron chi connectivity index (χ0n) is 18.6. The van der Waals surface area contributed by atoms with Crippen molar-refractivity contribution in [2.24, 2.45) is 0 Å². The highest BCUT2D eigenvalue weighted by atomic mass is 32.2. The second kappa shape index (κ2) is 10.8. The highest BCUT2D eigenvalue weighted by Crippen LogP contribution is 2.24. The summed E-state index contributed by atoms with van der Waals surface area (Å²) < 4.78 is 10.3. The predicted octanol–water partition coefficient (Wildman–Crippen LogP) is 3.55. The Morgan fingerprint density at radius 3 is 2.53 bits per heavy atom. The second-order valence-corrected chi connectivity index (χ2v) is 8.42. The van der Waals surface area contributed by atoms with Gasteiger partial charge in [0.25, 0.3) is 5.91 Å². The number of anilines is 1. The van der Waals surface area contributed by atoms with E-state index in [1.54, 1.807) is 25.4 Å². The summed E-state index contributed by atoms with van der Waals surface area (Å²) >= 11 is 1.35. The number of aryl methyl sites for hydroxylation is 1. The van der Waals surface area contributed by atoms with Crippen LogP contribution in [0, 0.1) is 6.92 Å². The molecule has 1 aromatic carbocycles. The van der Waals surface area contributed by atoms with Crippen LogP contribution in [0.3, 0.4) is 0 Å². The number of nitrogens with zero attached hydrogens (tertiary/aromatic N) is 4. The Balaban J connectivity index is 1.53. The standard InChI is InChI=1S/C23H26N4O4S/c1-16-12-18(25-31-16)15-32-22-20(6-5-11-24-22)23(29)30-14-21(28)27(4)13-17-7-9-19(10-8-17)26(2)3/h5-12H,13-15H2,1-4H3. The number of likely N-dealkylation sites (N-methyl/N-ethyl adjacent to an activating group) is 1. The molecule has 9 heteroatoms. The third kappa shape index (κ3) is 6.34. The van der Waals surface area contributed by atoms with E-state index in [1.165, 1.54) is 16.7 Å². The maximum absolute atomic E-state index is 12.6. The van der Waals surface area contributed by atoms with Crippen LogP contribution in [-0.4, -0.2) is 54.7 Å². The van der Waals surface area contributed by atoms with E-state index in [0.29, 0.717) is 22.9 Å². The van der Waals surface area contributed by atoms with E-state index in [4.69, 9.17) is 9.26 Å². The summed E-state index contributed by atoms with van der Waals surface area (Å²) in [6.07, 6.45) is 1.60. The third-order valence-electron chi connectivity index (χ3n) is 4.65. The number of hydrogen-bond acceptors (Lipinski definition) is 8. The van der Waals surface area contributed by atoms with Crippen LogP contribution >= 0.6 is 11.8 Å². The van der Waals surface area contributed by atoms with Gasteiger partial charge in [0.2, 0.25) is 0 Å². The Hall–Kier alpha value is -3.33. The van der Waals surface area contributed by atoms with Gasteiger partial charge in [0, 0.05) is 51.4 Å². The van der Waals surface area contributed by atoms with Gasteiger partial charge in [-0.25, -0.2) is 9.78 Å². The van der Waals surface area contributed by atoms with E-state index in [0.717, 1.165) is 22.7 Å². The fourth-order valence-electron chi connectivity index (χ4n) is 2.87. The molecule has 32 heavy (non-hydrogen) atoms. The summed E-state index contributed by atoms with van der Waals surface area (Å²) in [4.78, 5) is 32.8. The van der Waals surface area contributed by atoms with Crippen molar-refractivity contribution >= 4 is 29.3 Å². The molecule has 0 spiro atoms. The minimum Gasteiger partial charge on any atom is -0.452 e. The summed E-state index contributed by atoms with van der Waals surface area (Å²) in [5, 5.41) is 4.45. The van der Waals surface area contributed by atoms with Crippen molar-refractivity contribution in [3.63, 3.8) is 0 Å². The number of esters is 1. The lowest BCUT2D eigenvalue weighted by molar-refractivity contribution is -0.133. The molecule has 3 aromatic rings. The number of benzene rings is 1. The molecule has 0 saturated carbocycles. The normalized spacial score (nSPS) is 10.6. The van der Waals surface area contributed by atoms with Gasteiger partial charge in [0.1, 0.15) is 10.8 Å². The number of carbonyl (C=O) groups is 2. The van der Waals surface area contributed by atoms with Gasteiger partial charge in [-0.2, -0.15) is 0 Å². The largest absolute Gasteiger partial charge is 0.452 e. The first-order valence-corrected chi connectivity index (χ1v) is 11.0. The number of rotatable bonds is 9. The monoisotopic (exact) mass is 454 g/mol. The molecular formula is C23H26N4O4S. The van der Waals surface area contributed by atoms with Gasteiger partial charge in [-0.05, 0) is 36.8 Å². The zero-order chi connectivity index (χ0) is 23.1. The van der Waals surface area contributed by atoms with E-state index < -0.39 is 5.97 Å². The molecule has 3 rings (SSSR count). The van der Waals surface area contributed by atoms with Gasteiger partial charge in [-0.15, -0.1) is 0 Å². The minimum atomic E-state index is -0.589. The van der Waals surface area contributed by atoms with Crippen LogP contribution in [-0.2, 0) is 21.8 Å². The van der Waals surface area contributed by atoms with Crippen LogP contribution in [0.5, 0.6) is 0 Å². The average molecular weight is 455 g/mol. The quantitative estimate of drug-likeness (QED) is 0.358. The van der Waals surface area contributed by atoms with Crippen molar-refractivity contribution in [1.82, 2.24) is 15.0 Å². The topological polar surface area (TPSA) is 88.8 Å². The van der Waals surface area contributed by atoms with Crippen LogP contribution in [0.2, 0.25) is 0 Å². The SMILES string of the molecule is Cc1cc(CSc2ncccc2C(=O)OCC(=O)N(C)Cc2ccc(N(C)C)cc2)no1. The Bertz CT molecular complexity index is 1070. The predicted molar refractivity (Wildman–Crippen MR) is 123 cm³/mol. The van der Waals surface area contributed by atoms with Gasteiger partial charge in [-0.3, -0.25) is 4.79 Å². The van der Waals surface area contributed by atoms with Gasteiger partial charge < -0.3 is 19.1 Å². The third-order valence-corrected chi connectivity index (χ3v) is 5.69. The van der Waals surface area contributed by atoms with Crippen molar-refractivity contribution in [1.29, 1.82) is 0 Å². The molecule has 0 saturated heterocycles. The van der Waals surface area contributed by atoms with Crippen molar-refractivity contribution in [3.05, 3.63) is 71.2 Å². The molecule has 0 N–H and O–H groups in total. The molecule has 0 radical (unpaired) electrons. The fourth-order valence-corrected chi connectivity index (χ4v) is 3.73. The number of amides is 1. The molecule has 0 unspecified atom stereocenters. The lowest BCUT2D eigenvalue weighted by Crippen LogP contribution is -2.31. The molecule has 1 amide bonds. The van der Waals surface area contributed by atoms with Crippen molar-refractivity contribution in [2.75, 3.05) is 32.6 Å². The zero-order valence-corrected chi connectivity index (χ0v) is 19.4. The van der Waals surface area contributed by atoms with Crippen LogP contribution in [0.1, 0.15) is 27.4 Å².